The van der Waals surface area contributed by atoms with E-state index in [1.54, 1.807) is 25.9 Å². The molecule has 0 aliphatic rings. The number of sulfone groups is 1. The Bertz CT molecular complexity index is 780. The summed E-state index contributed by atoms with van der Waals surface area (Å²) in [6.07, 6.45) is 0. The summed E-state index contributed by atoms with van der Waals surface area (Å²) in [5.41, 5.74) is 0. The molecule has 1 amide bonds. The monoisotopic (exact) mass is 345 g/mol. The van der Waals surface area contributed by atoms with E-state index in [-0.39, 0.29) is 10.2 Å². The number of nitrogens with one attached hydrogen (secondary N) is 1. The lowest BCUT2D eigenvalue weighted by Crippen LogP contribution is -2.32. The molecule has 0 aliphatic carbocycles. The molecule has 1 unspecified atom stereocenters. The Morgan fingerprint density at radius 2 is 2.09 bits per heavy atom. The van der Waals surface area contributed by atoms with Crippen LogP contribution in [-0.2, 0) is 14.6 Å². The minimum Gasteiger partial charge on any atom is -0.360 e. The van der Waals surface area contributed by atoms with Crippen LogP contribution in [-0.4, -0.2) is 49.0 Å². The molecule has 2 rings (SSSR count). The summed E-state index contributed by atoms with van der Waals surface area (Å²) >= 11 is 0.906. The third-order valence-electron chi connectivity index (χ3n) is 2.74. The van der Waals surface area contributed by atoms with E-state index < -0.39 is 21.0 Å². The number of aromatic nitrogens is 3. The van der Waals surface area contributed by atoms with Gasteiger partial charge in [0.2, 0.25) is 25.2 Å². The highest BCUT2D eigenvalue weighted by molar-refractivity contribution is 7.94. The van der Waals surface area contributed by atoms with E-state index in [4.69, 9.17) is 4.52 Å². The second-order valence-electron chi connectivity index (χ2n) is 4.74. The minimum absolute atomic E-state index is 0.163. The molecule has 120 valence electrons. The Morgan fingerprint density at radius 3 is 2.59 bits per heavy atom. The minimum atomic E-state index is -3.92. The lowest BCUT2D eigenvalue weighted by atomic mass is 10.4. The van der Waals surface area contributed by atoms with Gasteiger partial charge in [0.05, 0.1) is 0 Å². The van der Waals surface area contributed by atoms with E-state index in [9.17, 15) is 13.2 Å². The van der Waals surface area contributed by atoms with E-state index in [1.807, 2.05) is 0 Å². The molecule has 9 nitrogen and oxygen atoms in total. The first-order valence-corrected chi connectivity index (χ1v) is 8.57. The highest BCUT2D eigenvalue weighted by Gasteiger charge is 2.33. The molecule has 0 saturated heterocycles. The summed E-state index contributed by atoms with van der Waals surface area (Å²) in [6.45, 7) is 2.95. The predicted molar refractivity (Wildman–Crippen MR) is 80.8 cm³/mol. The van der Waals surface area contributed by atoms with E-state index in [1.165, 1.54) is 13.0 Å². The van der Waals surface area contributed by atoms with Gasteiger partial charge in [-0.3, -0.25) is 4.79 Å². The van der Waals surface area contributed by atoms with Crippen LogP contribution in [0.4, 0.5) is 10.9 Å². The van der Waals surface area contributed by atoms with Crippen LogP contribution in [0.25, 0.3) is 0 Å². The molecule has 0 aliphatic heterocycles. The summed E-state index contributed by atoms with van der Waals surface area (Å²) in [5, 5.41) is 12.5. The van der Waals surface area contributed by atoms with Crippen molar-refractivity contribution in [2.24, 2.45) is 0 Å². The van der Waals surface area contributed by atoms with Crippen LogP contribution in [0.1, 0.15) is 12.7 Å². The summed E-state index contributed by atoms with van der Waals surface area (Å²) < 4.78 is 29.4. The number of amides is 1. The van der Waals surface area contributed by atoms with E-state index in [0.717, 1.165) is 11.3 Å². The van der Waals surface area contributed by atoms with Crippen LogP contribution in [0.5, 0.6) is 0 Å². The Kier molecular flexibility index (Phi) is 4.47. The molecular weight excluding hydrogens is 330 g/mol. The maximum atomic E-state index is 12.4. The van der Waals surface area contributed by atoms with Gasteiger partial charge in [-0.2, -0.15) is 0 Å². The summed E-state index contributed by atoms with van der Waals surface area (Å²) in [4.78, 5) is 13.7. The number of anilines is 2. The Balaban J connectivity index is 2.18. The van der Waals surface area contributed by atoms with Gasteiger partial charge in [-0.05, 0) is 13.8 Å². The van der Waals surface area contributed by atoms with Crippen molar-refractivity contribution in [3.8, 4) is 0 Å². The molecule has 1 N–H and O–H groups in total. The third-order valence-corrected chi connectivity index (χ3v) is 6.28. The summed E-state index contributed by atoms with van der Waals surface area (Å²) in [6, 6.07) is 1.49. The van der Waals surface area contributed by atoms with Crippen LogP contribution < -0.4 is 10.2 Å². The second-order valence-corrected chi connectivity index (χ2v) is 8.14. The normalized spacial score (nSPS) is 12.9. The average molecular weight is 345 g/mol. The number of carbonyl (C=O) groups is 1. The Labute approximate surface area is 131 Å². The molecule has 1 atom stereocenters. The van der Waals surface area contributed by atoms with Crippen molar-refractivity contribution >= 4 is 38.0 Å². The number of hydrogen-bond donors (Lipinski definition) is 1. The number of aryl methyl sites for hydroxylation is 1. The van der Waals surface area contributed by atoms with Crippen molar-refractivity contribution < 1.29 is 17.7 Å². The molecule has 2 aromatic rings. The molecule has 2 heterocycles. The topological polar surface area (TPSA) is 118 Å². The Morgan fingerprint density at radius 1 is 1.41 bits per heavy atom. The van der Waals surface area contributed by atoms with E-state index in [2.05, 4.69) is 20.7 Å². The van der Waals surface area contributed by atoms with Crippen LogP contribution >= 0.6 is 11.3 Å². The maximum Gasteiger partial charge on any atom is 0.244 e. The van der Waals surface area contributed by atoms with Gasteiger partial charge < -0.3 is 14.7 Å². The van der Waals surface area contributed by atoms with Gasteiger partial charge in [0, 0.05) is 20.2 Å². The van der Waals surface area contributed by atoms with Gasteiger partial charge in [0.1, 0.15) is 11.0 Å². The molecule has 0 bridgehead atoms. The standard InChI is InChI=1S/C11H15N5O4S2/c1-6-5-8(15-20-6)12-9(17)7(2)22(18,19)11-14-13-10(21-11)16(3)4/h5,7H,1-4H3,(H,12,15,17). The fourth-order valence-electron chi connectivity index (χ4n) is 1.44. The molecule has 0 radical (unpaired) electrons. The molecule has 0 saturated carbocycles. The quantitative estimate of drug-likeness (QED) is 0.841. The first-order valence-electron chi connectivity index (χ1n) is 6.20. The zero-order valence-electron chi connectivity index (χ0n) is 12.4. The first-order chi connectivity index (χ1) is 10.2. The van der Waals surface area contributed by atoms with Crippen molar-refractivity contribution in [1.82, 2.24) is 15.4 Å². The van der Waals surface area contributed by atoms with Crippen LogP contribution in [0, 0.1) is 6.92 Å². The molecule has 0 aromatic carbocycles. The zero-order valence-corrected chi connectivity index (χ0v) is 14.0. The maximum absolute atomic E-state index is 12.4. The zero-order chi connectivity index (χ0) is 16.5. The van der Waals surface area contributed by atoms with Crippen LogP contribution in [0.3, 0.4) is 0 Å². The molecule has 22 heavy (non-hydrogen) atoms. The summed E-state index contributed by atoms with van der Waals surface area (Å²) in [7, 11) is -0.472. The highest BCUT2D eigenvalue weighted by atomic mass is 32.2. The van der Waals surface area contributed by atoms with Crippen molar-refractivity contribution in [2.75, 3.05) is 24.3 Å². The van der Waals surface area contributed by atoms with Gasteiger partial charge >= 0.3 is 0 Å². The predicted octanol–water partition coefficient (Wildman–Crippen LogP) is 0.701. The molecular formula is C11H15N5O4S2. The highest BCUT2D eigenvalue weighted by Crippen LogP contribution is 2.25. The van der Waals surface area contributed by atoms with E-state index in [0.29, 0.717) is 10.9 Å². The van der Waals surface area contributed by atoms with Gasteiger partial charge in [-0.15, -0.1) is 10.2 Å². The fourth-order valence-corrected chi connectivity index (χ4v) is 3.86. The van der Waals surface area contributed by atoms with Gasteiger partial charge in [0.15, 0.2) is 5.82 Å². The van der Waals surface area contributed by atoms with Gasteiger partial charge in [-0.1, -0.05) is 16.5 Å². The van der Waals surface area contributed by atoms with E-state index >= 15 is 0 Å². The van der Waals surface area contributed by atoms with Gasteiger partial charge in [-0.25, -0.2) is 8.42 Å². The fraction of sp³-hybridized carbons (Fsp3) is 0.455. The first kappa shape index (κ1) is 16.4. The van der Waals surface area contributed by atoms with Crippen molar-refractivity contribution in [2.45, 2.75) is 23.4 Å². The number of rotatable bonds is 5. The van der Waals surface area contributed by atoms with Crippen molar-refractivity contribution in [3.63, 3.8) is 0 Å². The number of carbonyl (C=O) groups excluding carboxylic acids is 1. The van der Waals surface area contributed by atoms with Crippen LogP contribution in [0.2, 0.25) is 0 Å². The lowest BCUT2D eigenvalue weighted by molar-refractivity contribution is -0.115. The lowest BCUT2D eigenvalue weighted by Gasteiger charge is -2.09. The second kappa shape index (κ2) is 6.01. The molecule has 2 aromatic heterocycles. The molecule has 0 spiro atoms. The number of nitrogens with zero attached hydrogens (tertiary/aromatic N) is 4. The van der Waals surface area contributed by atoms with Crippen molar-refractivity contribution in [3.05, 3.63) is 11.8 Å². The van der Waals surface area contributed by atoms with Crippen LogP contribution in [0.15, 0.2) is 14.9 Å². The SMILES string of the molecule is Cc1cc(NC(=O)C(C)S(=O)(=O)c2nnc(N(C)C)s2)no1. The largest absolute Gasteiger partial charge is 0.360 e. The average Bonchev–Trinajstić information content (AvgIpc) is 3.07. The molecule has 11 heteroatoms. The third kappa shape index (κ3) is 3.25. The van der Waals surface area contributed by atoms with Gasteiger partial charge in [0.25, 0.3) is 0 Å². The molecule has 0 fully saturated rings. The summed E-state index contributed by atoms with van der Waals surface area (Å²) in [5.74, 6) is -0.0451. The Hall–Kier alpha value is -2.01. The smallest absolute Gasteiger partial charge is 0.244 e. The van der Waals surface area contributed by atoms with Crippen molar-refractivity contribution in [1.29, 1.82) is 0 Å². The number of hydrogen-bond acceptors (Lipinski definition) is 9.